The Labute approximate surface area is 95.5 Å². The highest BCUT2D eigenvalue weighted by molar-refractivity contribution is 14.1. The lowest BCUT2D eigenvalue weighted by Gasteiger charge is -2.09. The van der Waals surface area contributed by atoms with Crippen LogP contribution in [0.25, 0.3) is 5.78 Å². The van der Waals surface area contributed by atoms with E-state index in [0.717, 1.165) is 3.57 Å². The highest BCUT2D eigenvalue weighted by Gasteiger charge is 2.07. The summed E-state index contributed by atoms with van der Waals surface area (Å²) in [4.78, 5) is 8.39. The first-order chi connectivity index (χ1) is 6.66. The summed E-state index contributed by atoms with van der Waals surface area (Å²) < 4.78 is 8.41. The molecule has 0 saturated heterocycles. The van der Waals surface area contributed by atoms with Crippen molar-refractivity contribution in [1.29, 1.82) is 0 Å². The van der Waals surface area contributed by atoms with Gasteiger partial charge in [0.1, 0.15) is 0 Å². The van der Waals surface area contributed by atoms with Crippen LogP contribution in [0.3, 0.4) is 0 Å². The minimum atomic E-state index is 0.133. The Kier molecular flexibility index (Phi) is 2.58. The van der Waals surface area contributed by atoms with E-state index >= 15 is 0 Å². The van der Waals surface area contributed by atoms with E-state index in [-0.39, 0.29) is 6.10 Å². The van der Waals surface area contributed by atoms with Gasteiger partial charge in [0.25, 0.3) is 0 Å². The van der Waals surface area contributed by atoms with Gasteiger partial charge in [-0.05, 0) is 36.4 Å². The summed E-state index contributed by atoms with van der Waals surface area (Å²) in [5, 5.41) is 0. The molecule has 0 aromatic carbocycles. The maximum absolute atomic E-state index is 5.55. The van der Waals surface area contributed by atoms with Crippen molar-refractivity contribution < 1.29 is 4.74 Å². The lowest BCUT2D eigenvalue weighted by atomic mass is 10.5. The van der Waals surface area contributed by atoms with Crippen molar-refractivity contribution >= 4 is 28.4 Å². The number of nitrogens with zero attached hydrogens (tertiary/aromatic N) is 3. The minimum absolute atomic E-state index is 0.133. The molecule has 0 aliphatic heterocycles. The van der Waals surface area contributed by atoms with Gasteiger partial charge in [0.05, 0.1) is 9.67 Å². The van der Waals surface area contributed by atoms with Crippen LogP contribution in [-0.4, -0.2) is 20.5 Å². The van der Waals surface area contributed by atoms with E-state index in [4.69, 9.17) is 4.74 Å². The van der Waals surface area contributed by atoms with E-state index in [1.165, 1.54) is 0 Å². The second kappa shape index (κ2) is 3.72. The van der Waals surface area contributed by atoms with Crippen molar-refractivity contribution in [2.45, 2.75) is 20.0 Å². The molecule has 0 unspecified atom stereocenters. The van der Waals surface area contributed by atoms with Gasteiger partial charge in [-0.2, -0.15) is 4.98 Å². The maximum Gasteiger partial charge on any atom is 0.237 e. The maximum atomic E-state index is 5.55. The number of aromatic nitrogens is 3. The van der Waals surface area contributed by atoms with Gasteiger partial charge in [0.15, 0.2) is 0 Å². The van der Waals surface area contributed by atoms with Crippen LogP contribution in [0.15, 0.2) is 18.6 Å². The van der Waals surface area contributed by atoms with E-state index in [1.807, 2.05) is 30.6 Å². The molecule has 0 atom stereocenters. The van der Waals surface area contributed by atoms with Gasteiger partial charge >= 0.3 is 0 Å². The van der Waals surface area contributed by atoms with Crippen LogP contribution in [0.2, 0.25) is 0 Å². The van der Waals surface area contributed by atoms with Gasteiger partial charge in [-0.1, -0.05) is 0 Å². The van der Waals surface area contributed by atoms with Gasteiger partial charge in [-0.15, -0.1) is 0 Å². The molecule has 0 bridgehead atoms. The molecular weight excluding hydrogens is 293 g/mol. The molecule has 0 aliphatic carbocycles. The van der Waals surface area contributed by atoms with Crippen LogP contribution in [-0.2, 0) is 0 Å². The second-order valence-corrected chi connectivity index (χ2v) is 4.36. The van der Waals surface area contributed by atoms with Crippen molar-refractivity contribution in [2.75, 3.05) is 0 Å². The molecule has 0 radical (unpaired) electrons. The Hall–Kier alpha value is -0.850. The van der Waals surface area contributed by atoms with Crippen molar-refractivity contribution in [1.82, 2.24) is 14.4 Å². The predicted molar refractivity (Wildman–Crippen MR) is 61.5 cm³/mol. The van der Waals surface area contributed by atoms with Crippen LogP contribution < -0.4 is 4.74 Å². The fourth-order valence-corrected chi connectivity index (χ4v) is 1.67. The topological polar surface area (TPSA) is 39.4 Å². The molecule has 5 heteroatoms. The fourth-order valence-electron chi connectivity index (χ4n) is 1.12. The lowest BCUT2D eigenvalue weighted by Crippen LogP contribution is -2.09. The van der Waals surface area contributed by atoms with Crippen molar-refractivity contribution in [3.8, 4) is 5.88 Å². The summed E-state index contributed by atoms with van der Waals surface area (Å²) in [6.07, 6.45) is 5.67. The summed E-state index contributed by atoms with van der Waals surface area (Å²) in [6.45, 7) is 3.96. The van der Waals surface area contributed by atoms with Crippen molar-refractivity contribution in [3.63, 3.8) is 0 Å². The van der Waals surface area contributed by atoms with Gasteiger partial charge in [-0.3, -0.25) is 4.40 Å². The molecule has 0 aliphatic rings. The molecule has 2 rings (SSSR count). The van der Waals surface area contributed by atoms with Crippen LogP contribution in [0.1, 0.15) is 13.8 Å². The van der Waals surface area contributed by atoms with E-state index < -0.39 is 0 Å². The molecule has 2 aromatic rings. The van der Waals surface area contributed by atoms with Gasteiger partial charge in [0, 0.05) is 18.6 Å². The van der Waals surface area contributed by atoms with E-state index in [0.29, 0.717) is 11.7 Å². The highest BCUT2D eigenvalue weighted by atomic mass is 127. The van der Waals surface area contributed by atoms with Crippen LogP contribution >= 0.6 is 22.6 Å². The first-order valence-electron chi connectivity index (χ1n) is 4.32. The number of imidazole rings is 1. The van der Waals surface area contributed by atoms with Gasteiger partial charge < -0.3 is 4.74 Å². The number of rotatable bonds is 2. The van der Waals surface area contributed by atoms with Crippen molar-refractivity contribution in [3.05, 3.63) is 22.2 Å². The standard InChI is InChI=1S/C9H10IN3O/c1-6(2)14-8-7(10)5-13-4-3-11-9(13)12-8/h3-6H,1-2H3. The summed E-state index contributed by atoms with van der Waals surface area (Å²) in [5.41, 5.74) is 0. The predicted octanol–water partition coefficient (Wildman–Crippen LogP) is 2.12. The molecule has 0 spiro atoms. The summed E-state index contributed by atoms with van der Waals surface area (Å²) in [5.74, 6) is 1.32. The number of fused-ring (bicyclic) bond motifs is 1. The van der Waals surface area contributed by atoms with E-state index in [2.05, 4.69) is 32.6 Å². The average molecular weight is 303 g/mol. The van der Waals surface area contributed by atoms with Crippen LogP contribution in [0.4, 0.5) is 0 Å². The third kappa shape index (κ3) is 1.82. The van der Waals surface area contributed by atoms with Crippen LogP contribution in [0.5, 0.6) is 5.88 Å². The molecule has 2 aromatic heterocycles. The molecule has 2 heterocycles. The smallest absolute Gasteiger partial charge is 0.237 e. The second-order valence-electron chi connectivity index (χ2n) is 3.20. The number of ether oxygens (including phenoxy) is 1. The van der Waals surface area contributed by atoms with Crippen LogP contribution in [0, 0.1) is 3.57 Å². The number of halogens is 1. The third-order valence-electron chi connectivity index (χ3n) is 1.65. The number of hydrogen-bond donors (Lipinski definition) is 0. The zero-order valence-electron chi connectivity index (χ0n) is 7.94. The first kappa shape index (κ1) is 9.70. The largest absolute Gasteiger partial charge is 0.474 e. The molecule has 0 amide bonds. The molecule has 0 saturated carbocycles. The molecule has 14 heavy (non-hydrogen) atoms. The molecule has 74 valence electrons. The minimum Gasteiger partial charge on any atom is -0.474 e. The van der Waals surface area contributed by atoms with Gasteiger partial charge in [0.2, 0.25) is 11.7 Å². The molecule has 4 nitrogen and oxygen atoms in total. The quantitative estimate of drug-likeness (QED) is 0.798. The first-order valence-corrected chi connectivity index (χ1v) is 5.40. The summed E-state index contributed by atoms with van der Waals surface area (Å²) >= 11 is 2.20. The zero-order chi connectivity index (χ0) is 10.1. The fraction of sp³-hybridized carbons (Fsp3) is 0.333. The number of hydrogen-bond acceptors (Lipinski definition) is 3. The zero-order valence-corrected chi connectivity index (χ0v) is 10.1. The average Bonchev–Trinajstić information content (AvgIpc) is 2.51. The third-order valence-corrected chi connectivity index (χ3v) is 2.39. The molecule has 0 N–H and O–H groups in total. The molecular formula is C9H10IN3O. The highest BCUT2D eigenvalue weighted by Crippen LogP contribution is 2.19. The van der Waals surface area contributed by atoms with Crippen molar-refractivity contribution in [2.24, 2.45) is 0 Å². The SMILES string of the molecule is CC(C)Oc1nc2nccn2cc1I. The Morgan fingerprint density at radius 2 is 2.29 bits per heavy atom. The Bertz CT molecular complexity index is 452. The lowest BCUT2D eigenvalue weighted by molar-refractivity contribution is 0.231. The Morgan fingerprint density at radius 3 is 3.00 bits per heavy atom. The van der Waals surface area contributed by atoms with E-state index in [1.54, 1.807) is 6.20 Å². The summed E-state index contributed by atoms with van der Waals surface area (Å²) in [7, 11) is 0. The van der Waals surface area contributed by atoms with E-state index in [9.17, 15) is 0 Å². The van der Waals surface area contributed by atoms with Gasteiger partial charge in [-0.25, -0.2) is 4.98 Å². The monoisotopic (exact) mass is 303 g/mol. The molecule has 0 fully saturated rings. The Morgan fingerprint density at radius 1 is 1.50 bits per heavy atom. The normalized spacial score (nSPS) is 11.1. The summed E-state index contributed by atoms with van der Waals surface area (Å²) in [6, 6.07) is 0. The Balaban J connectivity index is 2.48.